The minimum atomic E-state index is -2.04. The highest BCUT2D eigenvalue weighted by molar-refractivity contribution is 7.79. The highest BCUT2D eigenvalue weighted by Crippen LogP contribution is 2.29. The fourth-order valence-electron chi connectivity index (χ4n) is 1.59. The van der Waals surface area contributed by atoms with E-state index in [1.54, 1.807) is 6.92 Å². The minimum Gasteiger partial charge on any atom is -0.467 e. The van der Waals surface area contributed by atoms with E-state index < -0.39 is 17.3 Å². The zero-order valence-electron chi connectivity index (χ0n) is 12.9. The van der Waals surface area contributed by atoms with Gasteiger partial charge in [-0.25, -0.2) is 9.52 Å². The molecule has 0 aromatic carbocycles. The van der Waals surface area contributed by atoms with Crippen molar-refractivity contribution in [2.24, 2.45) is 0 Å². The average molecular weight is 357 g/mol. The number of methoxy groups -OCH3 is 1. The smallest absolute Gasteiger partial charge is 0.336 e. The SMILES string of the molecule is COc1nc(C)nc(NC(=O)NS(=O)Oc2c(C)csc2C)n1. The Bertz CT molecular complexity index is 730. The van der Waals surface area contributed by atoms with Crippen LogP contribution in [0.15, 0.2) is 5.38 Å². The highest BCUT2D eigenvalue weighted by atomic mass is 32.2. The molecule has 1 atom stereocenters. The van der Waals surface area contributed by atoms with E-state index in [1.807, 2.05) is 19.2 Å². The van der Waals surface area contributed by atoms with Gasteiger partial charge in [-0.05, 0) is 26.2 Å². The number of hydrogen-bond donors (Lipinski definition) is 2. The minimum absolute atomic E-state index is 0.0215. The Balaban J connectivity index is 1.97. The van der Waals surface area contributed by atoms with Crippen LogP contribution in [0.25, 0.3) is 0 Å². The Kier molecular flexibility index (Phi) is 5.45. The molecule has 0 spiro atoms. The number of amides is 2. The van der Waals surface area contributed by atoms with Crippen LogP contribution in [0, 0.1) is 20.8 Å². The predicted octanol–water partition coefficient (Wildman–Crippen LogP) is 1.65. The molecule has 0 aliphatic rings. The number of aromatic nitrogens is 3. The van der Waals surface area contributed by atoms with Crippen molar-refractivity contribution in [2.45, 2.75) is 20.8 Å². The largest absolute Gasteiger partial charge is 0.467 e. The fraction of sp³-hybridized carbons (Fsp3) is 0.333. The van der Waals surface area contributed by atoms with Crippen LogP contribution in [0.3, 0.4) is 0 Å². The Morgan fingerprint density at radius 2 is 2.00 bits per heavy atom. The highest BCUT2D eigenvalue weighted by Gasteiger charge is 2.14. The molecule has 2 heterocycles. The van der Waals surface area contributed by atoms with E-state index >= 15 is 0 Å². The number of rotatable bonds is 5. The zero-order valence-corrected chi connectivity index (χ0v) is 14.5. The number of nitrogens with one attached hydrogen (secondary N) is 2. The van der Waals surface area contributed by atoms with Crippen LogP contribution >= 0.6 is 11.3 Å². The molecule has 0 fully saturated rings. The maximum atomic E-state index is 11.8. The van der Waals surface area contributed by atoms with Crippen molar-refractivity contribution in [3.63, 3.8) is 0 Å². The summed E-state index contributed by atoms with van der Waals surface area (Å²) in [5.41, 5.74) is 0.848. The van der Waals surface area contributed by atoms with Gasteiger partial charge in [0.2, 0.25) is 5.95 Å². The van der Waals surface area contributed by atoms with E-state index in [1.165, 1.54) is 18.4 Å². The van der Waals surface area contributed by atoms with Gasteiger partial charge >= 0.3 is 23.3 Å². The van der Waals surface area contributed by atoms with Gasteiger partial charge in [0.15, 0.2) is 5.75 Å². The average Bonchev–Trinajstić information content (AvgIpc) is 2.78. The summed E-state index contributed by atoms with van der Waals surface area (Å²) in [7, 11) is 1.40. The Morgan fingerprint density at radius 1 is 1.26 bits per heavy atom. The number of aryl methyl sites for hydroxylation is 3. The molecule has 2 aromatic rings. The maximum absolute atomic E-state index is 11.8. The molecule has 0 aliphatic carbocycles. The summed E-state index contributed by atoms with van der Waals surface area (Å²) in [4.78, 5) is 24.3. The third-order valence-electron chi connectivity index (χ3n) is 2.56. The van der Waals surface area contributed by atoms with Crippen LogP contribution in [-0.2, 0) is 11.3 Å². The number of carbonyl (C=O) groups is 1. The van der Waals surface area contributed by atoms with Gasteiger partial charge in [-0.3, -0.25) is 5.32 Å². The van der Waals surface area contributed by atoms with E-state index in [9.17, 15) is 9.00 Å². The van der Waals surface area contributed by atoms with E-state index in [0.717, 1.165) is 10.4 Å². The molecule has 0 saturated carbocycles. The lowest BCUT2D eigenvalue weighted by atomic mass is 10.3. The molecule has 0 bridgehead atoms. The number of hydrogen-bond acceptors (Lipinski definition) is 8. The Hall–Kier alpha value is -2.27. The molecule has 0 radical (unpaired) electrons. The lowest BCUT2D eigenvalue weighted by molar-refractivity contribution is 0.256. The molecule has 23 heavy (non-hydrogen) atoms. The van der Waals surface area contributed by atoms with Gasteiger partial charge in [0.05, 0.1) is 7.11 Å². The van der Waals surface area contributed by atoms with Crippen molar-refractivity contribution in [3.05, 3.63) is 21.6 Å². The standard InChI is InChI=1S/C12H15N5O4S2/c1-6-5-22-7(2)9(6)21-23(19)17-11(18)15-10-13-8(3)14-12(16-10)20-4/h5H,1-4H3,(H2,13,14,15,16,17,18). The maximum Gasteiger partial charge on any atom is 0.336 e. The monoisotopic (exact) mass is 357 g/mol. The van der Waals surface area contributed by atoms with Crippen LogP contribution in [-0.4, -0.2) is 32.3 Å². The quantitative estimate of drug-likeness (QED) is 0.836. The van der Waals surface area contributed by atoms with Gasteiger partial charge < -0.3 is 8.92 Å². The molecule has 124 valence electrons. The zero-order chi connectivity index (χ0) is 17.0. The summed E-state index contributed by atoms with van der Waals surface area (Å²) in [5, 5.41) is 4.21. The van der Waals surface area contributed by atoms with E-state index in [-0.39, 0.29) is 12.0 Å². The van der Waals surface area contributed by atoms with E-state index in [4.69, 9.17) is 8.92 Å². The molecule has 11 heteroatoms. The number of carbonyl (C=O) groups excluding carboxylic acids is 1. The molecule has 0 saturated heterocycles. The number of urea groups is 1. The third kappa shape index (κ3) is 4.60. The van der Waals surface area contributed by atoms with Gasteiger partial charge in [-0.15, -0.1) is 11.3 Å². The van der Waals surface area contributed by atoms with E-state index in [2.05, 4.69) is 25.0 Å². The first-order valence-electron chi connectivity index (χ1n) is 6.38. The van der Waals surface area contributed by atoms with Gasteiger partial charge in [0.25, 0.3) is 0 Å². The predicted molar refractivity (Wildman–Crippen MR) is 85.8 cm³/mol. The third-order valence-corrected chi connectivity index (χ3v) is 4.24. The van der Waals surface area contributed by atoms with Crippen LogP contribution in [0.2, 0.25) is 0 Å². The van der Waals surface area contributed by atoms with Crippen molar-refractivity contribution in [1.29, 1.82) is 0 Å². The molecule has 2 N–H and O–H groups in total. The number of nitrogens with zero attached hydrogens (tertiary/aromatic N) is 3. The normalized spacial score (nSPS) is 11.7. The topological polar surface area (TPSA) is 115 Å². The van der Waals surface area contributed by atoms with Crippen LogP contribution in [0.5, 0.6) is 11.8 Å². The van der Waals surface area contributed by atoms with Gasteiger partial charge in [-0.2, -0.15) is 19.2 Å². The lowest BCUT2D eigenvalue weighted by Gasteiger charge is -2.08. The van der Waals surface area contributed by atoms with Gasteiger partial charge in [0, 0.05) is 10.4 Å². The summed E-state index contributed by atoms with van der Waals surface area (Å²) >= 11 is -0.572. The number of anilines is 1. The van der Waals surface area contributed by atoms with Crippen molar-refractivity contribution >= 4 is 34.6 Å². The van der Waals surface area contributed by atoms with Crippen LogP contribution in [0.1, 0.15) is 16.3 Å². The van der Waals surface area contributed by atoms with Gasteiger partial charge in [-0.1, -0.05) is 0 Å². The summed E-state index contributed by atoms with van der Waals surface area (Å²) in [6.07, 6.45) is 0. The molecular formula is C12H15N5O4S2. The van der Waals surface area contributed by atoms with Crippen molar-refractivity contribution in [1.82, 2.24) is 19.7 Å². The summed E-state index contributed by atoms with van der Waals surface area (Å²) in [6, 6.07) is -0.712. The first-order valence-corrected chi connectivity index (χ1v) is 8.33. The Morgan fingerprint density at radius 3 is 2.61 bits per heavy atom. The van der Waals surface area contributed by atoms with Crippen LogP contribution < -0.4 is 19.0 Å². The molecule has 2 aromatic heterocycles. The number of thiophene rings is 1. The first-order chi connectivity index (χ1) is 10.9. The van der Waals surface area contributed by atoms with Crippen LogP contribution in [0.4, 0.5) is 10.7 Å². The van der Waals surface area contributed by atoms with Gasteiger partial charge in [0.1, 0.15) is 5.82 Å². The molecule has 2 amide bonds. The number of ether oxygens (including phenoxy) is 1. The first kappa shape index (κ1) is 17.1. The van der Waals surface area contributed by atoms with Crippen molar-refractivity contribution in [2.75, 3.05) is 12.4 Å². The van der Waals surface area contributed by atoms with E-state index in [0.29, 0.717) is 11.6 Å². The second kappa shape index (κ2) is 7.33. The molecule has 0 aliphatic heterocycles. The fourth-order valence-corrected chi connectivity index (χ4v) is 3.06. The molecule has 9 nitrogen and oxygen atoms in total. The lowest BCUT2D eigenvalue weighted by Crippen LogP contribution is -2.33. The summed E-state index contributed by atoms with van der Waals surface area (Å²) in [6.45, 7) is 5.29. The molecule has 2 rings (SSSR count). The Labute approximate surface area is 139 Å². The second-order valence-corrected chi connectivity index (χ2v) is 6.30. The summed E-state index contributed by atoms with van der Waals surface area (Å²) < 4.78 is 24.1. The summed E-state index contributed by atoms with van der Waals surface area (Å²) in [5.74, 6) is 0.840. The van der Waals surface area contributed by atoms with Crippen molar-refractivity contribution in [3.8, 4) is 11.8 Å². The van der Waals surface area contributed by atoms with Crippen molar-refractivity contribution < 1.29 is 17.9 Å². The second-order valence-electron chi connectivity index (χ2n) is 4.37. The molecule has 1 unspecified atom stereocenters. The molecular weight excluding hydrogens is 342 g/mol.